The molecule has 4 rings (SSSR count). The number of morpholine rings is 1. The maximum Gasteiger partial charge on any atom is 0.232 e. The number of ether oxygens (including phenoxy) is 1. The second kappa shape index (κ2) is 7.75. The van der Waals surface area contributed by atoms with Crippen LogP contribution < -0.4 is 11.1 Å². The van der Waals surface area contributed by atoms with Gasteiger partial charge in [-0.15, -0.1) is 0 Å². The number of nitrogen functional groups attached to an aromatic ring is 1. The van der Waals surface area contributed by atoms with Crippen LogP contribution >= 0.6 is 0 Å². The molecule has 3 N–H and O–H groups in total. The molecular formula is C19H27N7O. The van der Waals surface area contributed by atoms with Crippen LogP contribution in [0.15, 0.2) is 24.3 Å². The van der Waals surface area contributed by atoms with Gasteiger partial charge in [0.25, 0.3) is 0 Å². The van der Waals surface area contributed by atoms with Gasteiger partial charge in [0.2, 0.25) is 11.9 Å². The van der Waals surface area contributed by atoms with E-state index in [1.54, 1.807) is 0 Å². The van der Waals surface area contributed by atoms with E-state index in [4.69, 9.17) is 10.5 Å². The zero-order valence-electron chi connectivity index (χ0n) is 15.9. The van der Waals surface area contributed by atoms with E-state index in [1.165, 1.54) is 5.56 Å². The van der Waals surface area contributed by atoms with Crippen molar-refractivity contribution in [1.82, 2.24) is 24.8 Å². The average molecular weight is 369 g/mol. The fourth-order valence-electron chi connectivity index (χ4n) is 3.89. The van der Waals surface area contributed by atoms with E-state index in [0.29, 0.717) is 30.4 Å². The van der Waals surface area contributed by atoms with Crippen LogP contribution in [0.25, 0.3) is 0 Å². The number of aromatic nitrogens is 3. The summed E-state index contributed by atoms with van der Waals surface area (Å²) in [6, 6.07) is 9.00. The van der Waals surface area contributed by atoms with E-state index >= 15 is 0 Å². The van der Waals surface area contributed by atoms with Crippen molar-refractivity contribution >= 4 is 17.6 Å². The highest BCUT2D eigenvalue weighted by molar-refractivity contribution is 5.54. The molecule has 2 aromatic rings. The molecule has 1 aromatic heterocycles. The van der Waals surface area contributed by atoms with Crippen LogP contribution in [0.2, 0.25) is 0 Å². The minimum Gasteiger partial charge on any atom is -0.378 e. The average Bonchev–Trinajstić information content (AvgIpc) is 2.61. The van der Waals surface area contributed by atoms with Crippen LogP contribution in [0.3, 0.4) is 0 Å². The zero-order valence-corrected chi connectivity index (χ0v) is 15.9. The number of nitrogens with zero attached hydrogens (tertiary/aromatic N) is 5. The molecule has 0 saturated carbocycles. The first kappa shape index (κ1) is 18.1. The van der Waals surface area contributed by atoms with Crippen molar-refractivity contribution < 1.29 is 4.74 Å². The predicted molar refractivity (Wildman–Crippen MR) is 105 cm³/mol. The highest BCUT2D eigenvalue weighted by atomic mass is 16.5. The fraction of sp³-hybridized carbons (Fsp3) is 0.526. The minimum atomic E-state index is 0.239. The van der Waals surface area contributed by atoms with Crippen LogP contribution in [-0.4, -0.2) is 69.7 Å². The Morgan fingerprint density at radius 3 is 2.96 bits per heavy atom. The molecule has 27 heavy (non-hydrogen) atoms. The van der Waals surface area contributed by atoms with E-state index < -0.39 is 0 Å². The summed E-state index contributed by atoms with van der Waals surface area (Å²) in [5.74, 6) is 1.41. The summed E-state index contributed by atoms with van der Waals surface area (Å²) < 4.78 is 5.72. The van der Waals surface area contributed by atoms with E-state index in [9.17, 15) is 0 Å². The first-order valence-electron chi connectivity index (χ1n) is 9.47. The first-order chi connectivity index (χ1) is 13.1. The lowest BCUT2D eigenvalue weighted by molar-refractivity contribution is -0.0768. The van der Waals surface area contributed by atoms with Crippen LogP contribution in [0.4, 0.5) is 17.6 Å². The van der Waals surface area contributed by atoms with E-state index in [-0.39, 0.29) is 5.95 Å². The van der Waals surface area contributed by atoms with Gasteiger partial charge in [0.05, 0.1) is 19.8 Å². The molecule has 8 heteroatoms. The zero-order chi connectivity index (χ0) is 18.8. The topological polar surface area (TPSA) is 92.4 Å². The number of aryl methyl sites for hydroxylation is 1. The van der Waals surface area contributed by atoms with Crippen LogP contribution in [-0.2, 0) is 11.3 Å². The van der Waals surface area contributed by atoms with Gasteiger partial charge in [-0.2, -0.15) is 15.0 Å². The van der Waals surface area contributed by atoms with E-state index in [0.717, 1.165) is 38.5 Å². The Morgan fingerprint density at radius 2 is 2.11 bits per heavy atom. The number of rotatable bonds is 4. The second-order valence-corrected chi connectivity index (χ2v) is 7.44. The van der Waals surface area contributed by atoms with Gasteiger partial charge in [0, 0.05) is 37.4 Å². The van der Waals surface area contributed by atoms with Crippen molar-refractivity contribution in [3.8, 4) is 0 Å². The smallest absolute Gasteiger partial charge is 0.232 e. The van der Waals surface area contributed by atoms with Crippen molar-refractivity contribution in [2.24, 2.45) is 0 Å². The Balaban J connectivity index is 1.44. The molecule has 0 amide bonds. The quantitative estimate of drug-likeness (QED) is 0.836. The molecule has 0 spiro atoms. The lowest BCUT2D eigenvalue weighted by atomic mass is 10.1. The number of hydrogen-bond donors (Lipinski definition) is 2. The molecule has 2 fully saturated rings. The number of anilines is 3. The molecule has 2 aliphatic rings. The van der Waals surface area contributed by atoms with Gasteiger partial charge in [0.15, 0.2) is 0 Å². The Hall–Kier alpha value is -2.29. The maximum absolute atomic E-state index is 5.92. The normalized spacial score (nSPS) is 23.8. The fourth-order valence-corrected chi connectivity index (χ4v) is 3.89. The lowest BCUT2D eigenvalue weighted by Gasteiger charge is -2.46. The molecule has 0 bridgehead atoms. The Morgan fingerprint density at radius 1 is 1.22 bits per heavy atom. The van der Waals surface area contributed by atoms with Crippen LogP contribution in [0, 0.1) is 6.92 Å². The van der Waals surface area contributed by atoms with Crippen molar-refractivity contribution in [3.63, 3.8) is 0 Å². The Labute approximate surface area is 159 Å². The van der Waals surface area contributed by atoms with Crippen LogP contribution in [0.1, 0.15) is 18.3 Å². The SMILES string of the molecule is Cc1cccc(Nc2nc(N)nc(CN3CCN4[C@@H](COC[C@@H]4C)C3)n2)c1. The molecule has 0 radical (unpaired) electrons. The summed E-state index contributed by atoms with van der Waals surface area (Å²) in [5.41, 5.74) is 8.03. The molecule has 3 heterocycles. The molecule has 2 atom stereocenters. The third-order valence-electron chi connectivity index (χ3n) is 5.19. The summed E-state index contributed by atoms with van der Waals surface area (Å²) in [7, 11) is 0. The summed E-state index contributed by atoms with van der Waals surface area (Å²) in [5, 5.41) is 3.23. The molecular weight excluding hydrogens is 342 g/mol. The number of hydrogen-bond acceptors (Lipinski definition) is 8. The van der Waals surface area contributed by atoms with Crippen molar-refractivity contribution in [2.45, 2.75) is 32.5 Å². The number of piperazine rings is 1. The van der Waals surface area contributed by atoms with Gasteiger partial charge in [-0.3, -0.25) is 9.80 Å². The molecule has 0 unspecified atom stereocenters. The molecule has 2 saturated heterocycles. The van der Waals surface area contributed by atoms with Gasteiger partial charge < -0.3 is 15.8 Å². The maximum atomic E-state index is 5.92. The van der Waals surface area contributed by atoms with Gasteiger partial charge in [0.1, 0.15) is 5.82 Å². The van der Waals surface area contributed by atoms with Gasteiger partial charge in [-0.1, -0.05) is 12.1 Å². The monoisotopic (exact) mass is 369 g/mol. The lowest BCUT2D eigenvalue weighted by Crippen LogP contribution is -2.60. The highest BCUT2D eigenvalue weighted by Crippen LogP contribution is 2.20. The van der Waals surface area contributed by atoms with Gasteiger partial charge in [-0.05, 0) is 31.5 Å². The standard InChI is InChI=1S/C19H27N7O/c1-13-4-3-5-15(8-13)21-19-23-17(22-18(20)24-19)10-25-6-7-26-14(2)11-27-12-16(26)9-25/h3-5,8,14,16H,6-7,9-12H2,1-2H3,(H3,20,21,22,23,24)/t14-,16+/m0/s1. The van der Waals surface area contributed by atoms with E-state index in [2.05, 4.69) is 37.0 Å². The first-order valence-corrected chi connectivity index (χ1v) is 9.47. The van der Waals surface area contributed by atoms with Gasteiger partial charge >= 0.3 is 0 Å². The molecule has 144 valence electrons. The number of nitrogens with two attached hydrogens (primary N) is 1. The summed E-state index contributed by atoms with van der Waals surface area (Å²) in [4.78, 5) is 18.0. The van der Waals surface area contributed by atoms with E-state index in [1.807, 2.05) is 31.2 Å². The Bertz CT molecular complexity index is 799. The second-order valence-electron chi connectivity index (χ2n) is 7.44. The third-order valence-corrected chi connectivity index (χ3v) is 5.19. The highest BCUT2D eigenvalue weighted by Gasteiger charge is 2.33. The van der Waals surface area contributed by atoms with Gasteiger partial charge in [-0.25, -0.2) is 0 Å². The summed E-state index contributed by atoms with van der Waals surface area (Å²) >= 11 is 0. The molecule has 2 aliphatic heterocycles. The predicted octanol–water partition coefficient (Wildman–Crippen LogP) is 1.41. The summed E-state index contributed by atoms with van der Waals surface area (Å²) in [6.45, 7) is 9.56. The third kappa shape index (κ3) is 4.35. The molecule has 1 aromatic carbocycles. The molecule has 8 nitrogen and oxygen atoms in total. The number of nitrogens with one attached hydrogen (secondary N) is 1. The minimum absolute atomic E-state index is 0.239. The van der Waals surface area contributed by atoms with Crippen molar-refractivity contribution in [1.29, 1.82) is 0 Å². The van der Waals surface area contributed by atoms with Crippen molar-refractivity contribution in [2.75, 3.05) is 43.9 Å². The Kier molecular flexibility index (Phi) is 5.20. The molecule has 0 aliphatic carbocycles. The number of benzene rings is 1. The van der Waals surface area contributed by atoms with Crippen LogP contribution in [0.5, 0.6) is 0 Å². The largest absolute Gasteiger partial charge is 0.378 e. The van der Waals surface area contributed by atoms with Crippen molar-refractivity contribution in [3.05, 3.63) is 35.7 Å². The summed E-state index contributed by atoms with van der Waals surface area (Å²) in [6.07, 6.45) is 0. The number of fused-ring (bicyclic) bond motifs is 1.